The van der Waals surface area contributed by atoms with E-state index in [-0.39, 0.29) is 35.8 Å². The molecule has 1 saturated heterocycles. The molecule has 0 amide bonds. The number of likely N-dealkylation sites (N-methyl/N-ethyl adjacent to an activating group) is 1. The number of ether oxygens (including phenoxy) is 2. The maximum absolute atomic E-state index is 13.2. The number of nitrogens with zero attached hydrogens (tertiary/aromatic N) is 2. The molecule has 0 radical (unpaired) electrons. The van der Waals surface area contributed by atoms with Gasteiger partial charge >= 0.3 is 0 Å². The summed E-state index contributed by atoms with van der Waals surface area (Å²) >= 11 is 0. The monoisotopic (exact) mass is 508 g/mol. The van der Waals surface area contributed by atoms with Crippen LogP contribution in [0.2, 0.25) is 0 Å². The number of hydrogen-bond donors (Lipinski definition) is 2. The van der Waals surface area contributed by atoms with Crippen molar-refractivity contribution in [2.45, 2.75) is 18.9 Å². The molecule has 160 valence electrons. The third-order valence-corrected chi connectivity index (χ3v) is 4.70. The molecule has 2 unspecified atom stereocenters. The van der Waals surface area contributed by atoms with Crippen LogP contribution in [0.3, 0.4) is 0 Å². The molecule has 0 aliphatic carbocycles. The van der Waals surface area contributed by atoms with Crippen LogP contribution in [0.25, 0.3) is 0 Å². The normalized spacial score (nSPS) is 18.0. The van der Waals surface area contributed by atoms with Gasteiger partial charge in [0.1, 0.15) is 5.82 Å². The molecule has 8 heteroatoms. The number of halogens is 2. The fourth-order valence-electron chi connectivity index (χ4n) is 3.04. The second-order valence-corrected chi connectivity index (χ2v) is 7.07. The van der Waals surface area contributed by atoms with E-state index in [1.54, 1.807) is 7.05 Å². The van der Waals surface area contributed by atoms with E-state index in [0.717, 1.165) is 57.3 Å². The lowest BCUT2D eigenvalue weighted by Crippen LogP contribution is -2.42. The number of rotatable bonds is 10. The molecule has 1 aromatic carbocycles. The van der Waals surface area contributed by atoms with E-state index in [2.05, 4.69) is 20.5 Å². The zero-order valence-electron chi connectivity index (χ0n) is 17.1. The van der Waals surface area contributed by atoms with E-state index < -0.39 is 0 Å². The molecular weight excluding hydrogens is 474 g/mol. The minimum Gasteiger partial charge on any atom is -0.381 e. The van der Waals surface area contributed by atoms with Crippen LogP contribution in [0, 0.1) is 11.7 Å². The summed E-state index contributed by atoms with van der Waals surface area (Å²) < 4.78 is 24.2. The fraction of sp³-hybridized carbons (Fsp3) is 0.650. The number of hydrogen-bond acceptors (Lipinski definition) is 4. The second kappa shape index (κ2) is 14.1. The summed E-state index contributed by atoms with van der Waals surface area (Å²) in [4.78, 5) is 6.37. The smallest absolute Gasteiger partial charge is 0.191 e. The van der Waals surface area contributed by atoms with Crippen molar-refractivity contribution in [1.82, 2.24) is 15.5 Å². The van der Waals surface area contributed by atoms with Gasteiger partial charge in [-0.15, -0.1) is 24.0 Å². The molecule has 0 aromatic heterocycles. The van der Waals surface area contributed by atoms with E-state index in [1.807, 2.05) is 26.2 Å². The van der Waals surface area contributed by atoms with Crippen LogP contribution in [0.1, 0.15) is 24.4 Å². The summed E-state index contributed by atoms with van der Waals surface area (Å²) in [6, 6.07) is 6.77. The molecule has 1 heterocycles. The van der Waals surface area contributed by atoms with Crippen LogP contribution in [-0.4, -0.2) is 71.5 Å². The van der Waals surface area contributed by atoms with E-state index in [4.69, 9.17) is 9.47 Å². The maximum atomic E-state index is 13.2. The first-order valence-corrected chi connectivity index (χ1v) is 9.62. The highest BCUT2D eigenvalue weighted by atomic mass is 127. The molecule has 1 aliphatic heterocycles. The Balaban J connectivity index is 0.00000392. The van der Waals surface area contributed by atoms with E-state index in [1.165, 1.54) is 12.1 Å². The Kier molecular flexibility index (Phi) is 12.6. The van der Waals surface area contributed by atoms with Gasteiger partial charge in [0, 0.05) is 39.3 Å². The maximum Gasteiger partial charge on any atom is 0.191 e. The van der Waals surface area contributed by atoms with E-state index in [9.17, 15) is 4.39 Å². The van der Waals surface area contributed by atoms with Crippen molar-refractivity contribution in [3.8, 4) is 0 Å². The van der Waals surface area contributed by atoms with Gasteiger partial charge in [-0.05, 0) is 44.6 Å². The summed E-state index contributed by atoms with van der Waals surface area (Å²) in [6.07, 6.45) is 2.03. The number of nitrogens with one attached hydrogen (secondary N) is 2. The van der Waals surface area contributed by atoms with Crippen molar-refractivity contribution in [3.05, 3.63) is 35.6 Å². The lowest BCUT2D eigenvalue weighted by Gasteiger charge is -2.26. The molecule has 28 heavy (non-hydrogen) atoms. The van der Waals surface area contributed by atoms with Crippen LogP contribution in [-0.2, 0) is 9.47 Å². The number of aliphatic imine (C=N–C) groups is 1. The zero-order valence-corrected chi connectivity index (χ0v) is 19.4. The molecule has 6 nitrogen and oxygen atoms in total. The van der Waals surface area contributed by atoms with Gasteiger partial charge in [0.25, 0.3) is 0 Å². The quantitative estimate of drug-likeness (QED) is 0.220. The largest absolute Gasteiger partial charge is 0.381 e. The topological polar surface area (TPSA) is 58.1 Å². The van der Waals surface area contributed by atoms with Gasteiger partial charge in [-0.2, -0.15) is 0 Å². The third kappa shape index (κ3) is 9.02. The molecule has 1 aliphatic rings. The summed E-state index contributed by atoms with van der Waals surface area (Å²) in [7, 11) is 5.78. The van der Waals surface area contributed by atoms with Crippen molar-refractivity contribution >= 4 is 29.9 Å². The predicted molar refractivity (Wildman–Crippen MR) is 122 cm³/mol. The molecule has 2 rings (SSSR count). The standard InChI is InChI=1S/C20H33FN4O2.HI/c1-22-20(23-10-4-11-26-14-16-9-12-27-15-16)24-13-19(25(2)3)17-5-7-18(21)8-6-17;/h5-8,16,19H,4,9-15H2,1-3H3,(H2,22,23,24);1H. The Morgan fingerprint density at radius 3 is 2.68 bits per heavy atom. The summed E-state index contributed by atoms with van der Waals surface area (Å²) in [5.41, 5.74) is 1.06. The average Bonchev–Trinajstić information content (AvgIpc) is 3.17. The molecular formula is C20H34FIN4O2. The van der Waals surface area contributed by atoms with E-state index in [0.29, 0.717) is 12.5 Å². The van der Waals surface area contributed by atoms with Gasteiger partial charge in [-0.1, -0.05) is 12.1 Å². The molecule has 0 bridgehead atoms. The summed E-state index contributed by atoms with van der Waals surface area (Å²) in [6.45, 7) is 4.69. The Labute approximate surface area is 185 Å². The van der Waals surface area contributed by atoms with Crippen molar-refractivity contribution in [1.29, 1.82) is 0 Å². The molecule has 2 N–H and O–H groups in total. The number of guanidine groups is 1. The highest BCUT2D eigenvalue weighted by molar-refractivity contribution is 14.0. The lowest BCUT2D eigenvalue weighted by molar-refractivity contribution is 0.0888. The van der Waals surface area contributed by atoms with Gasteiger partial charge in [-0.3, -0.25) is 4.99 Å². The van der Waals surface area contributed by atoms with Crippen molar-refractivity contribution in [2.75, 3.05) is 60.7 Å². The van der Waals surface area contributed by atoms with Crippen molar-refractivity contribution in [2.24, 2.45) is 10.9 Å². The highest BCUT2D eigenvalue weighted by Crippen LogP contribution is 2.17. The van der Waals surface area contributed by atoms with Gasteiger partial charge in [0.2, 0.25) is 0 Å². The first-order chi connectivity index (χ1) is 13.1. The summed E-state index contributed by atoms with van der Waals surface area (Å²) in [5, 5.41) is 6.65. The number of benzene rings is 1. The SMILES string of the molecule is CN=C(NCCCOCC1CCOC1)NCC(c1ccc(F)cc1)N(C)C.I. The molecule has 0 spiro atoms. The molecule has 0 saturated carbocycles. The van der Waals surface area contributed by atoms with E-state index >= 15 is 0 Å². The molecule has 1 fully saturated rings. The highest BCUT2D eigenvalue weighted by Gasteiger charge is 2.16. The van der Waals surface area contributed by atoms with Crippen molar-refractivity contribution < 1.29 is 13.9 Å². The zero-order chi connectivity index (χ0) is 19.5. The van der Waals surface area contributed by atoms with Crippen LogP contribution < -0.4 is 10.6 Å². The van der Waals surface area contributed by atoms with Crippen molar-refractivity contribution in [3.63, 3.8) is 0 Å². The second-order valence-electron chi connectivity index (χ2n) is 7.07. The van der Waals surface area contributed by atoms with Crippen LogP contribution in [0.15, 0.2) is 29.3 Å². The van der Waals surface area contributed by atoms with Crippen LogP contribution in [0.4, 0.5) is 4.39 Å². The Morgan fingerprint density at radius 2 is 2.07 bits per heavy atom. The first kappa shape index (κ1) is 25.1. The minimum atomic E-state index is -0.218. The van der Waals surface area contributed by atoms with Gasteiger partial charge in [0.05, 0.1) is 19.3 Å². The lowest BCUT2D eigenvalue weighted by atomic mass is 10.1. The van der Waals surface area contributed by atoms with Gasteiger partial charge < -0.3 is 25.0 Å². The predicted octanol–water partition coefficient (Wildman–Crippen LogP) is 2.65. The fourth-order valence-corrected chi connectivity index (χ4v) is 3.04. The summed E-state index contributed by atoms with van der Waals surface area (Å²) in [5.74, 6) is 1.10. The van der Waals surface area contributed by atoms with Gasteiger partial charge in [0.15, 0.2) is 5.96 Å². The Hall–Kier alpha value is -0.970. The molecule has 1 aromatic rings. The minimum absolute atomic E-state index is 0. The van der Waals surface area contributed by atoms with Crippen LogP contribution in [0.5, 0.6) is 0 Å². The average molecular weight is 508 g/mol. The van der Waals surface area contributed by atoms with Gasteiger partial charge in [-0.25, -0.2) is 4.39 Å². The third-order valence-electron chi connectivity index (χ3n) is 4.70. The molecule has 2 atom stereocenters. The Morgan fingerprint density at radius 1 is 1.32 bits per heavy atom. The first-order valence-electron chi connectivity index (χ1n) is 9.62. The Bertz CT molecular complexity index is 566. The van der Waals surface area contributed by atoms with Crippen LogP contribution >= 0.6 is 24.0 Å².